The number of hydrogen-bond donors (Lipinski definition) is 1. The molecule has 1 aliphatic carbocycles. The molecule has 0 bridgehead atoms. The van der Waals surface area contributed by atoms with Crippen LogP contribution in [0.2, 0.25) is 0 Å². The summed E-state index contributed by atoms with van der Waals surface area (Å²) >= 11 is 0. The van der Waals surface area contributed by atoms with Gasteiger partial charge in [0.25, 0.3) is 5.89 Å². The number of hydrogen-bond acceptors (Lipinski definition) is 5. The maximum absolute atomic E-state index is 13.5. The zero-order valence-electron chi connectivity index (χ0n) is 12.7. The first kappa shape index (κ1) is 14.9. The van der Waals surface area contributed by atoms with E-state index in [4.69, 9.17) is 10.2 Å². The number of halogens is 3. The molecule has 0 atom stereocenters. The fourth-order valence-electron chi connectivity index (χ4n) is 2.83. The molecule has 0 unspecified atom stereocenters. The predicted molar refractivity (Wildman–Crippen MR) is 81.2 cm³/mol. The lowest BCUT2D eigenvalue weighted by atomic mass is 9.98. The van der Waals surface area contributed by atoms with E-state index in [1.807, 2.05) is 0 Å². The minimum absolute atomic E-state index is 0.00288. The van der Waals surface area contributed by atoms with Crippen LogP contribution in [0, 0.1) is 6.92 Å². The first-order valence-corrected chi connectivity index (χ1v) is 7.45. The topological polar surface area (TPSA) is 77.8 Å². The number of pyridine rings is 1. The molecule has 5 nitrogen and oxygen atoms in total. The third-order valence-corrected chi connectivity index (χ3v) is 4.16. The number of rotatable bonds is 2. The van der Waals surface area contributed by atoms with Gasteiger partial charge in [-0.05, 0) is 55.0 Å². The zero-order valence-corrected chi connectivity index (χ0v) is 12.7. The fourth-order valence-corrected chi connectivity index (χ4v) is 2.83. The lowest BCUT2D eigenvalue weighted by Crippen LogP contribution is -2.08. The van der Waals surface area contributed by atoms with Gasteiger partial charge in [0.1, 0.15) is 5.69 Å². The lowest BCUT2D eigenvalue weighted by molar-refractivity contribution is -0.136. The number of aryl methyl sites for hydroxylation is 1. The number of nitrogen functional groups attached to an aromatic ring is 1. The molecule has 3 aromatic rings. The van der Waals surface area contributed by atoms with Crippen LogP contribution in [-0.4, -0.2) is 15.2 Å². The molecule has 2 aromatic heterocycles. The highest BCUT2D eigenvalue weighted by Crippen LogP contribution is 2.44. The smallest absolute Gasteiger partial charge is 0.402 e. The highest BCUT2D eigenvalue weighted by Gasteiger charge is 2.36. The van der Waals surface area contributed by atoms with Crippen molar-refractivity contribution in [3.05, 3.63) is 34.9 Å². The molecule has 1 aliphatic rings. The molecule has 124 valence electrons. The van der Waals surface area contributed by atoms with Crippen molar-refractivity contribution in [3.63, 3.8) is 0 Å². The Hall–Kier alpha value is -2.64. The van der Waals surface area contributed by atoms with Crippen molar-refractivity contribution in [2.75, 3.05) is 5.73 Å². The van der Waals surface area contributed by atoms with Gasteiger partial charge in [0.05, 0.1) is 11.1 Å². The quantitative estimate of drug-likeness (QED) is 0.764. The van der Waals surface area contributed by atoms with Gasteiger partial charge < -0.3 is 10.2 Å². The second kappa shape index (κ2) is 4.93. The number of benzene rings is 1. The van der Waals surface area contributed by atoms with Crippen LogP contribution in [0.4, 0.5) is 19.2 Å². The number of nitrogens with two attached hydrogens (primary N) is 1. The Morgan fingerprint density at radius 1 is 1.17 bits per heavy atom. The maximum atomic E-state index is 13.5. The van der Waals surface area contributed by atoms with Gasteiger partial charge >= 0.3 is 12.2 Å². The molecular weight excluding hydrogens is 321 g/mol. The van der Waals surface area contributed by atoms with Gasteiger partial charge in [-0.15, -0.1) is 5.10 Å². The highest BCUT2D eigenvalue weighted by atomic mass is 19.4. The van der Waals surface area contributed by atoms with E-state index in [0.717, 1.165) is 18.4 Å². The van der Waals surface area contributed by atoms with Crippen molar-refractivity contribution < 1.29 is 17.6 Å². The molecule has 0 aliphatic heterocycles. The Bertz CT molecular complexity index is 944. The normalized spacial score (nSPS) is 15.2. The van der Waals surface area contributed by atoms with Crippen LogP contribution in [0.15, 0.2) is 22.6 Å². The van der Waals surface area contributed by atoms with E-state index in [1.54, 1.807) is 19.1 Å². The average Bonchev–Trinajstić information content (AvgIpc) is 3.27. The van der Waals surface area contributed by atoms with E-state index in [2.05, 4.69) is 15.2 Å². The van der Waals surface area contributed by atoms with Crippen molar-refractivity contribution in [2.24, 2.45) is 0 Å². The molecule has 0 spiro atoms. The molecule has 4 rings (SSSR count). The van der Waals surface area contributed by atoms with E-state index in [-0.39, 0.29) is 29.0 Å². The lowest BCUT2D eigenvalue weighted by Gasteiger charge is -2.14. The predicted octanol–water partition coefficient (Wildman–Crippen LogP) is 4.07. The van der Waals surface area contributed by atoms with Crippen LogP contribution in [0.3, 0.4) is 0 Å². The molecule has 1 aromatic carbocycles. The molecule has 24 heavy (non-hydrogen) atoms. The van der Waals surface area contributed by atoms with Gasteiger partial charge in [0, 0.05) is 5.39 Å². The molecule has 2 N–H and O–H groups in total. The van der Waals surface area contributed by atoms with Gasteiger partial charge in [0.2, 0.25) is 0 Å². The zero-order chi connectivity index (χ0) is 17.1. The van der Waals surface area contributed by atoms with Crippen LogP contribution in [-0.2, 0) is 6.18 Å². The van der Waals surface area contributed by atoms with E-state index in [1.165, 1.54) is 6.07 Å². The molecule has 0 saturated heterocycles. The van der Waals surface area contributed by atoms with E-state index < -0.39 is 11.7 Å². The Labute approximate surface area is 134 Å². The SMILES string of the molecule is Cc1cc(-c2nnc(N)o2)nc2c(C(F)(F)F)cc(C3CC3)cc12. The molecule has 0 amide bonds. The first-order chi connectivity index (χ1) is 11.3. The summed E-state index contributed by atoms with van der Waals surface area (Å²) in [5.74, 6) is 0.210. The number of fused-ring (bicyclic) bond motifs is 1. The number of nitrogens with zero attached hydrogens (tertiary/aromatic N) is 3. The summed E-state index contributed by atoms with van der Waals surface area (Å²) in [6.07, 6.45) is -2.64. The van der Waals surface area contributed by atoms with Gasteiger partial charge in [-0.2, -0.15) is 13.2 Å². The standard InChI is InChI=1S/C16H13F3N4O/c1-7-4-12(14-22-23-15(20)24-14)21-13-10(7)5-9(8-2-3-8)6-11(13)16(17,18)19/h4-6,8H,2-3H2,1H3,(H2,20,23). The summed E-state index contributed by atoms with van der Waals surface area (Å²) in [7, 11) is 0. The Kier molecular flexibility index (Phi) is 3.06. The van der Waals surface area contributed by atoms with E-state index in [9.17, 15) is 13.2 Å². The summed E-state index contributed by atoms with van der Waals surface area (Å²) in [6, 6.07) is 4.48. The van der Waals surface area contributed by atoms with Crippen molar-refractivity contribution >= 4 is 16.9 Å². The third-order valence-electron chi connectivity index (χ3n) is 4.16. The van der Waals surface area contributed by atoms with Crippen molar-refractivity contribution in [2.45, 2.75) is 31.9 Å². The van der Waals surface area contributed by atoms with Crippen LogP contribution in [0.1, 0.15) is 35.4 Å². The summed E-state index contributed by atoms with van der Waals surface area (Å²) in [5.41, 5.74) is 6.09. The largest absolute Gasteiger partial charge is 0.418 e. The second-order valence-corrected chi connectivity index (χ2v) is 6.01. The monoisotopic (exact) mass is 334 g/mol. The minimum Gasteiger partial charge on any atom is -0.402 e. The molecule has 1 fully saturated rings. The Morgan fingerprint density at radius 3 is 2.50 bits per heavy atom. The number of alkyl halides is 3. The van der Waals surface area contributed by atoms with Crippen LogP contribution in [0.25, 0.3) is 22.5 Å². The second-order valence-electron chi connectivity index (χ2n) is 6.01. The van der Waals surface area contributed by atoms with Gasteiger partial charge in [-0.3, -0.25) is 0 Å². The van der Waals surface area contributed by atoms with Gasteiger partial charge in [-0.25, -0.2) is 4.98 Å². The van der Waals surface area contributed by atoms with Gasteiger partial charge in [-0.1, -0.05) is 5.10 Å². The van der Waals surface area contributed by atoms with Crippen LogP contribution in [0.5, 0.6) is 0 Å². The van der Waals surface area contributed by atoms with Crippen LogP contribution >= 0.6 is 0 Å². The fraction of sp³-hybridized carbons (Fsp3) is 0.312. The highest BCUT2D eigenvalue weighted by molar-refractivity contribution is 5.88. The molecule has 2 heterocycles. The van der Waals surface area contributed by atoms with Gasteiger partial charge in [0.15, 0.2) is 0 Å². The van der Waals surface area contributed by atoms with Crippen molar-refractivity contribution in [1.29, 1.82) is 0 Å². The summed E-state index contributed by atoms with van der Waals surface area (Å²) in [6.45, 7) is 1.74. The van der Waals surface area contributed by atoms with Crippen molar-refractivity contribution in [3.8, 4) is 11.6 Å². The maximum Gasteiger partial charge on any atom is 0.418 e. The Balaban J connectivity index is 2.00. The minimum atomic E-state index is -4.49. The number of aromatic nitrogens is 3. The van der Waals surface area contributed by atoms with E-state index >= 15 is 0 Å². The average molecular weight is 334 g/mol. The van der Waals surface area contributed by atoms with Crippen LogP contribution < -0.4 is 5.73 Å². The summed E-state index contributed by atoms with van der Waals surface area (Å²) in [5, 5.41) is 7.70. The molecule has 0 radical (unpaired) electrons. The summed E-state index contributed by atoms with van der Waals surface area (Å²) in [4.78, 5) is 4.14. The van der Waals surface area contributed by atoms with Crippen molar-refractivity contribution in [1.82, 2.24) is 15.2 Å². The molecular formula is C16H13F3N4O. The van der Waals surface area contributed by atoms with E-state index in [0.29, 0.717) is 10.9 Å². The number of anilines is 1. The summed E-state index contributed by atoms with van der Waals surface area (Å²) < 4.78 is 45.7. The molecule has 1 saturated carbocycles. The molecule has 8 heteroatoms. The first-order valence-electron chi connectivity index (χ1n) is 7.45. The third kappa shape index (κ3) is 2.47. The Morgan fingerprint density at radius 2 is 1.92 bits per heavy atom.